The first kappa shape index (κ1) is 26.1. The van der Waals surface area contributed by atoms with Gasteiger partial charge >= 0.3 is 0 Å². The second kappa shape index (κ2) is 11.8. The van der Waals surface area contributed by atoms with E-state index in [4.69, 9.17) is 17.2 Å². The summed E-state index contributed by atoms with van der Waals surface area (Å²) in [6.45, 7) is 12.9. The van der Waals surface area contributed by atoms with Gasteiger partial charge < -0.3 is 32.7 Å². The Labute approximate surface area is 210 Å². The van der Waals surface area contributed by atoms with Gasteiger partial charge in [-0.05, 0) is 60.4 Å². The lowest BCUT2D eigenvalue weighted by molar-refractivity contribution is 0.253. The molecule has 1 aliphatic carbocycles. The zero-order chi connectivity index (χ0) is 25.4. The molecule has 1 heterocycles. The molecule has 2 atom stereocenters. The van der Waals surface area contributed by atoms with Crippen molar-refractivity contribution in [1.82, 2.24) is 10.6 Å². The number of hydrogen-bond acceptors (Lipinski definition) is 6. The van der Waals surface area contributed by atoms with Gasteiger partial charge in [-0.15, -0.1) is 0 Å². The van der Waals surface area contributed by atoms with Crippen LogP contribution < -0.4 is 32.7 Å². The molecule has 0 radical (unpaired) electrons. The summed E-state index contributed by atoms with van der Waals surface area (Å²) in [5, 5.41) is 7.08. The lowest BCUT2D eigenvalue weighted by atomic mass is 9.73. The molecule has 35 heavy (non-hydrogen) atoms. The van der Waals surface area contributed by atoms with E-state index in [1.165, 1.54) is 18.2 Å². The Bertz CT molecular complexity index is 1050. The first-order valence-corrected chi connectivity index (χ1v) is 12.4. The van der Waals surface area contributed by atoms with E-state index >= 15 is 0 Å². The van der Waals surface area contributed by atoms with Crippen LogP contribution in [0.3, 0.4) is 0 Å². The summed E-state index contributed by atoms with van der Waals surface area (Å²) in [6, 6.07) is 18.6. The standard InChI is InChI=1S/C27H34N6.C2H6/c1-19(21-8-4-3-5-9-21)31-25-20(2)32-26(22(18-29)10-6-17-28)33(25)24-13-11-23(12-14-24)27(30)15-7-16-27;1-2/h3-6,8-14,17,25-26,31-32H,1-2,7,15-16,18,28-30H2;1-2H3/b17-6-,22-10+;. The molecule has 1 saturated heterocycles. The Hall–Kier alpha value is -3.48. The van der Waals surface area contributed by atoms with Crippen LogP contribution in [0.15, 0.2) is 97.4 Å². The largest absolute Gasteiger partial charge is 0.405 e. The van der Waals surface area contributed by atoms with E-state index in [9.17, 15) is 0 Å². The third-order valence-electron chi connectivity index (χ3n) is 6.64. The summed E-state index contributed by atoms with van der Waals surface area (Å²) in [5.74, 6) is 0. The average Bonchev–Trinajstić information content (AvgIpc) is 3.20. The van der Waals surface area contributed by atoms with Crippen LogP contribution in [0.2, 0.25) is 0 Å². The molecule has 1 saturated carbocycles. The molecule has 2 aromatic rings. The molecule has 6 nitrogen and oxygen atoms in total. The monoisotopic (exact) mass is 472 g/mol. The molecule has 1 aliphatic heterocycles. The fourth-order valence-electron chi connectivity index (χ4n) is 4.52. The van der Waals surface area contributed by atoms with Crippen molar-refractivity contribution >= 4 is 11.4 Å². The van der Waals surface area contributed by atoms with Gasteiger partial charge in [0.1, 0.15) is 12.3 Å². The van der Waals surface area contributed by atoms with Gasteiger partial charge in [0, 0.05) is 29.2 Å². The quantitative estimate of drug-likeness (QED) is 0.368. The van der Waals surface area contributed by atoms with Gasteiger partial charge in [-0.25, -0.2) is 0 Å². The summed E-state index contributed by atoms with van der Waals surface area (Å²) < 4.78 is 0. The van der Waals surface area contributed by atoms with Crippen molar-refractivity contribution in [3.63, 3.8) is 0 Å². The zero-order valence-electron chi connectivity index (χ0n) is 21.0. The molecule has 0 bridgehead atoms. The molecule has 2 aliphatic rings. The molecular weight excluding hydrogens is 432 g/mol. The van der Waals surface area contributed by atoms with Gasteiger partial charge in [0.05, 0.1) is 0 Å². The van der Waals surface area contributed by atoms with Gasteiger partial charge in [0.15, 0.2) is 0 Å². The van der Waals surface area contributed by atoms with Crippen LogP contribution in [-0.2, 0) is 5.54 Å². The normalized spacial score (nSPS) is 21.1. The Balaban J connectivity index is 0.00000167. The van der Waals surface area contributed by atoms with Crippen molar-refractivity contribution < 1.29 is 0 Å². The summed E-state index contributed by atoms with van der Waals surface area (Å²) in [4.78, 5) is 2.24. The lowest BCUT2D eigenvalue weighted by Crippen LogP contribution is -2.47. The van der Waals surface area contributed by atoms with Gasteiger partial charge in [0.25, 0.3) is 0 Å². The molecule has 8 N–H and O–H groups in total. The van der Waals surface area contributed by atoms with E-state index in [-0.39, 0.29) is 17.9 Å². The van der Waals surface area contributed by atoms with E-state index in [2.05, 4.69) is 53.0 Å². The maximum absolute atomic E-state index is 6.55. The predicted octanol–water partition coefficient (Wildman–Crippen LogP) is 4.24. The minimum absolute atomic E-state index is 0.179. The zero-order valence-corrected chi connectivity index (χ0v) is 21.0. The van der Waals surface area contributed by atoms with Crippen LogP contribution >= 0.6 is 0 Å². The fraction of sp³-hybridized carbons (Fsp3) is 0.310. The molecule has 2 unspecified atom stereocenters. The Kier molecular flexibility index (Phi) is 8.79. The molecule has 0 spiro atoms. The SMILES string of the molecule is C=C(NC1C(=C)NC(/C(=C/C=C\N)CN)N1c1ccc(C2(N)CCC2)cc1)c1ccccc1.CC. The third-order valence-corrected chi connectivity index (χ3v) is 6.64. The van der Waals surface area contributed by atoms with Gasteiger partial charge in [-0.3, -0.25) is 0 Å². The summed E-state index contributed by atoms with van der Waals surface area (Å²) in [7, 11) is 0. The Morgan fingerprint density at radius 3 is 2.34 bits per heavy atom. The average molecular weight is 473 g/mol. The smallest absolute Gasteiger partial charge is 0.142 e. The van der Waals surface area contributed by atoms with E-state index in [1.54, 1.807) is 6.08 Å². The van der Waals surface area contributed by atoms with Crippen LogP contribution in [0.4, 0.5) is 5.69 Å². The maximum atomic E-state index is 6.55. The van der Waals surface area contributed by atoms with Crippen LogP contribution in [0, 0.1) is 0 Å². The van der Waals surface area contributed by atoms with Gasteiger partial charge in [0.2, 0.25) is 0 Å². The van der Waals surface area contributed by atoms with Gasteiger partial charge in [-0.1, -0.05) is 75.5 Å². The van der Waals surface area contributed by atoms with Gasteiger partial charge in [-0.2, -0.15) is 0 Å². The fourth-order valence-corrected chi connectivity index (χ4v) is 4.52. The van der Waals surface area contributed by atoms with E-state index in [0.29, 0.717) is 6.54 Å². The number of nitrogens with zero attached hydrogens (tertiary/aromatic N) is 1. The topological polar surface area (TPSA) is 105 Å². The molecule has 2 aromatic carbocycles. The molecule has 6 heteroatoms. The number of benzene rings is 2. The number of allylic oxidation sites excluding steroid dienone is 2. The summed E-state index contributed by atoms with van der Waals surface area (Å²) in [5.41, 5.74) is 24.0. The first-order chi connectivity index (χ1) is 17.0. The molecule has 4 rings (SSSR count). The number of anilines is 1. The van der Waals surface area contributed by atoms with E-state index in [0.717, 1.165) is 41.1 Å². The summed E-state index contributed by atoms with van der Waals surface area (Å²) in [6.07, 6.45) is 8.10. The van der Waals surface area contributed by atoms with Crippen molar-refractivity contribution in [2.45, 2.75) is 51.0 Å². The number of nitrogens with one attached hydrogen (secondary N) is 2. The second-order valence-electron chi connectivity index (χ2n) is 8.76. The van der Waals surface area contributed by atoms with Crippen LogP contribution in [0.1, 0.15) is 44.2 Å². The molecule has 0 amide bonds. The van der Waals surface area contributed by atoms with Crippen LogP contribution in [0.5, 0.6) is 0 Å². The van der Waals surface area contributed by atoms with Crippen LogP contribution in [-0.4, -0.2) is 18.9 Å². The molecular formula is C29H40N6. The number of nitrogens with two attached hydrogens (primary N) is 3. The van der Waals surface area contributed by atoms with Crippen molar-refractivity contribution in [3.8, 4) is 0 Å². The predicted molar refractivity (Wildman–Crippen MR) is 149 cm³/mol. The number of hydrogen-bond donors (Lipinski definition) is 5. The lowest BCUT2D eigenvalue weighted by Gasteiger charge is -2.39. The van der Waals surface area contributed by atoms with Crippen molar-refractivity contribution in [3.05, 3.63) is 109 Å². The highest BCUT2D eigenvalue weighted by Crippen LogP contribution is 2.40. The van der Waals surface area contributed by atoms with E-state index < -0.39 is 0 Å². The minimum atomic E-state index is -0.221. The van der Waals surface area contributed by atoms with Crippen LogP contribution in [0.25, 0.3) is 5.70 Å². The van der Waals surface area contributed by atoms with Crippen molar-refractivity contribution in [2.75, 3.05) is 11.4 Å². The minimum Gasteiger partial charge on any atom is -0.405 e. The van der Waals surface area contributed by atoms with Crippen molar-refractivity contribution in [1.29, 1.82) is 0 Å². The highest BCUT2D eigenvalue weighted by molar-refractivity contribution is 5.65. The summed E-state index contributed by atoms with van der Waals surface area (Å²) >= 11 is 0. The Morgan fingerprint density at radius 2 is 1.80 bits per heavy atom. The third kappa shape index (κ3) is 5.61. The number of rotatable bonds is 8. The highest BCUT2D eigenvalue weighted by Gasteiger charge is 2.39. The molecule has 2 fully saturated rings. The maximum Gasteiger partial charge on any atom is 0.142 e. The van der Waals surface area contributed by atoms with Crippen molar-refractivity contribution in [2.24, 2.45) is 17.2 Å². The first-order valence-electron chi connectivity index (χ1n) is 12.4. The molecule has 0 aromatic heterocycles. The highest BCUT2D eigenvalue weighted by atomic mass is 15.4. The second-order valence-corrected chi connectivity index (χ2v) is 8.76. The molecule has 186 valence electrons. The Morgan fingerprint density at radius 1 is 1.14 bits per heavy atom. The van der Waals surface area contributed by atoms with E-state index in [1.807, 2.05) is 50.3 Å².